The number of hydrogen-bond acceptors (Lipinski definition) is 4. The Labute approximate surface area is 95.5 Å². The largest absolute Gasteiger partial charge is 0.399 e. The van der Waals surface area contributed by atoms with Crippen molar-refractivity contribution in [3.63, 3.8) is 0 Å². The molecule has 0 amide bonds. The molecule has 0 saturated carbocycles. The molecule has 0 spiro atoms. The summed E-state index contributed by atoms with van der Waals surface area (Å²) < 4.78 is 0. The van der Waals surface area contributed by atoms with E-state index in [0.29, 0.717) is 0 Å². The van der Waals surface area contributed by atoms with Crippen molar-refractivity contribution in [1.82, 2.24) is 19.9 Å². The van der Waals surface area contributed by atoms with Gasteiger partial charge in [-0.05, 0) is 30.0 Å². The number of nitrogens with zero attached hydrogens (tertiary/aromatic N) is 2. The number of anilines is 1. The molecule has 0 saturated heterocycles. The van der Waals surface area contributed by atoms with E-state index in [2.05, 4.69) is 19.9 Å². The number of H-pyrrole nitrogens is 2. The van der Waals surface area contributed by atoms with E-state index in [4.69, 9.17) is 5.73 Å². The molecule has 0 aliphatic carbocycles. The molecule has 0 radical (unpaired) electrons. The van der Waals surface area contributed by atoms with Crippen LogP contribution in [0.15, 0.2) is 40.9 Å². The van der Waals surface area contributed by atoms with Crippen molar-refractivity contribution in [2.75, 3.05) is 5.73 Å². The number of imidazole rings is 2. The number of aromatic nitrogens is 4. The fraction of sp³-hybridized carbons (Fsp3) is 0. The summed E-state index contributed by atoms with van der Waals surface area (Å²) in [5.74, 6) is 0. The van der Waals surface area contributed by atoms with Crippen molar-refractivity contribution < 1.29 is 0 Å². The van der Waals surface area contributed by atoms with Gasteiger partial charge in [0.2, 0.25) is 0 Å². The maximum Gasteiger partial charge on any atom is 0.174 e. The molecule has 0 unspecified atom stereocenters. The summed E-state index contributed by atoms with van der Waals surface area (Å²) in [7, 11) is 0. The van der Waals surface area contributed by atoms with E-state index in [1.54, 1.807) is 12.4 Å². The van der Waals surface area contributed by atoms with Crippen LogP contribution in [0.1, 0.15) is 0 Å². The average molecular weight is 231 g/mol. The lowest BCUT2D eigenvalue weighted by Crippen LogP contribution is -1.82. The number of hydrogen-bond donors (Lipinski definition) is 3. The average Bonchev–Trinajstić information content (AvgIpc) is 2.86. The zero-order chi connectivity index (χ0) is 11.0. The molecule has 80 valence electrons. The first-order valence-corrected chi connectivity index (χ1v) is 5.55. The van der Waals surface area contributed by atoms with Crippen LogP contribution in [0.4, 0.5) is 5.69 Å². The van der Waals surface area contributed by atoms with Gasteiger partial charge in [-0.1, -0.05) is 0 Å². The topological polar surface area (TPSA) is 83.4 Å². The summed E-state index contributed by atoms with van der Waals surface area (Å²) in [4.78, 5) is 14.7. The fourth-order valence-corrected chi connectivity index (χ4v) is 2.18. The maximum absolute atomic E-state index is 5.70. The van der Waals surface area contributed by atoms with Crippen LogP contribution in [0.2, 0.25) is 0 Å². The minimum absolute atomic E-state index is 0.727. The monoisotopic (exact) mass is 231 g/mol. The van der Waals surface area contributed by atoms with E-state index in [-0.39, 0.29) is 0 Å². The predicted octanol–water partition coefficient (Wildman–Crippen LogP) is 2.02. The molecule has 6 heteroatoms. The zero-order valence-electron chi connectivity index (χ0n) is 8.27. The highest BCUT2D eigenvalue weighted by atomic mass is 32.2. The van der Waals surface area contributed by atoms with E-state index in [1.165, 1.54) is 11.8 Å². The SMILES string of the molecule is Nc1ccc2nc(Sc3ncc[nH]3)[nH]c2c1. The summed E-state index contributed by atoms with van der Waals surface area (Å²) in [6.07, 6.45) is 3.49. The third kappa shape index (κ3) is 1.63. The van der Waals surface area contributed by atoms with Gasteiger partial charge in [0.15, 0.2) is 10.3 Å². The van der Waals surface area contributed by atoms with Gasteiger partial charge in [-0.2, -0.15) is 0 Å². The van der Waals surface area contributed by atoms with Gasteiger partial charge in [0.05, 0.1) is 11.0 Å². The van der Waals surface area contributed by atoms with Gasteiger partial charge in [-0.25, -0.2) is 9.97 Å². The Kier molecular flexibility index (Phi) is 2.07. The minimum atomic E-state index is 0.727. The summed E-state index contributed by atoms with van der Waals surface area (Å²) in [6.45, 7) is 0. The normalized spacial score (nSPS) is 11.0. The highest BCUT2D eigenvalue weighted by Gasteiger charge is 2.05. The van der Waals surface area contributed by atoms with Crippen molar-refractivity contribution in [3.05, 3.63) is 30.6 Å². The molecule has 4 N–H and O–H groups in total. The molecule has 0 aliphatic heterocycles. The number of nitrogens with two attached hydrogens (primary N) is 1. The number of benzene rings is 1. The summed E-state index contributed by atoms with van der Waals surface area (Å²) in [5, 5.41) is 1.61. The zero-order valence-corrected chi connectivity index (χ0v) is 9.08. The highest BCUT2D eigenvalue weighted by molar-refractivity contribution is 7.99. The van der Waals surface area contributed by atoms with E-state index in [1.807, 2.05) is 18.2 Å². The van der Waals surface area contributed by atoms with Crippen LogP contribution in [0.25, 0.3) is 11.0 Å². The Morgan fingerprint density at radius 2 is 2.19 bits per heavy atom. The van der Waals surface area contributed by atoms with Crippen LogP contribution < -0.4 is 5.73 Å². The van der Waals surface area contributed by atoms with E-state index in [0.717, 1.165) is 27.0 Å². The van der Waals surface area contributed by atoms with Crippen LogP contribution in [-0.2, 0) is 0 Å². The van der Waals surface area contributed by atoms with E-state index >= 15 is 0 Å². The van der Waals surface area contributed by atoms with Crippen molar-refractivity contribution in [2.45, 2.75) is 10.3 Å². The highest BCUT2D eigenvalue weighted by Crippen LogP contribution is 2.24. The number of fused-ring (bicyclic) bond motifs is 1. The second-order valence-corrected chi connectivity index (χ2v) is 4.29. The van der Waals surface area contributed by atoms with E-state index < -0.39 is 0 Å². The van der Waals surface area contributed by atoms with Gasteiger partial charge in [0.25, 0.3) is 0 Å². The van der Waals surface area contributed by atoms with Gasteiger partial charge < -0.3 is 15.7 Å². The van der Waals surface area contributed by atoms with Crippen LogP contribution in [0.5, 0.6) is 0 Å². The fourth-order valence-electron chi connectivity index (χ4n) is 1.45. The van der Waals surface area contributed by atoms with Crippen molar-refractivity contribution in [3.8, 4) is 0 Å². The lowest BCUT2D eigenvalue weighted by Gasteiger charge is -1.90. The molecular weight excluding hydrogens is 222 g/mol. The molecule has 3 aromatic rings. The second-order valence-electron chi connectivity index (χ2n) is 3.31. The third-order valence-electron chi connectivity index (χ3n) is 2.15. The quantitative estimate of drug-likeness (QED) is 0.589. The summed E-state index contributed by atoms with van der Waals surface area (Å²) >= 11 is 1.45. The molecule has 5 nitrogen and oxygen atoms in total. The van der Waals surface area contributed by atoms with Crippen LogP contribution in [0.3, 0.4) is 0 Å². The van der Waals surface area contributed by atoms with Gasteiger partial charge in [-0.3, -0.25) is 0 Å². The molecule has 2 heterocycles. The summed E-state index contributed by atoms with van der Waals surface area (Å²) in [6, 6.07) is 5.60. The second kappa shape index (κ2) is 3.57. The lowest BCUT2D eigenvalue weighted by molar-refractivity contribution is 1.02. The van der Waals surface area contributed by atoms with Crippen molar-refractivity contribution >= 4 is 28.5 Å². The third-order valence-corrected chi connectivity index (χ3v) is 2.95. The van der Waals surface area contributed by atoms with Crippen LogP contribution in [-0.4, -0.2) is 19.9 Å². The molecule has 1 aromatic carbocycles. The molecule has 0 atom stereocenters. The standard InChI is InChI=1S/C10H9N5S/c11-6-1-2-7-8(5-6)15-10(14-7)16-9-12-3-4-13-9/h1-5H,11H2,(H,12,13)(H,14,15). The molecule has 0 fully saturated rings. The molecule has 0 bridgehead atoms. The van der Waals surface area contributed by atoms with Crippen LogP contribution >= 0.6 is 11.8 Å². The predicted molar refractivity (Wildman–Crippen MR) is 63.2 cm³/mol. The Bertz CT molecular complexity index is 613. The number of rotatable bonds is 2. The molecular formula is C10H9N5S. The summed E-state index contributed by atoms with van der Waals surface area (Å²) in [5.41, 5.74) is 8.27. The number of nitrogens with one attached hydrogen (secondary N) is 2. The van der Waals surface area contributed by atoms with Gasteiger partial charge >= 0.3 is 0 Å². The van der Waals surface area contributed by atoms with Crippen LogP contribution in [0, 0.1) is 0 Å². The van der Waals surface area contributed by atoms with E-state index in [9.17, 15) is 0 Å². The van der Waals surface area contributed by atoms with Gasteiger partial charge in [0.1, 0.15) is 0 Å². The first kappa shape index (κ1) is 9.29. The smallest absolute Gasteiger partial charge is 0.174 e. The lowest BCUT2D eigenvalue weighted by atomic mass is 10.3. The Balaban J connectivity index is 1.99. The molecule has 2 aromatic heterocycles. The minimum Gasteiger partial charge on any atom is -0.399 e. The van der Waals surface area contributed by atoms with Crippen molar-refractivity contribution in [2.24, 2.45) is 0 Å². The maximum atomic E-state index is 5.70. The first-order valence-electron chi connectivity index (χ1n) is 4.74. The molecule has 3 rings (SSSR count). The van der Waals surface area contributed by atoms with Crippen molar-refractivity contribution in [1.29, 1.82) is 0 Å². The van der Waals surface area contributed by atoms with Gasteiger partial charge in [0, 0.05) is 18.1 Å². The molecule has 0 aliphatic rings. The first-order chi connectivity index (χ1) is 7.81. The Hall–Kier alpha value is -1.95. The molecule has 16 heavy (non-hydrogen) atoms. The number of aromatic amines is 2. The Morgan fingerprint density at radius 1 is 1.25 bits per heavy atom. The Morgan fingerprint density at radius 3 is 3.00 bits per heavy atom. The van der Waals surface area contributed by atoms with Gasteiger partial charge in [-0.15, -0.1) is 0 Å². The number of nitrogen functional groups attached to an aromatic ring is 1.